The largest absolute Gasteiger partial charge is 0.372 e. The topological polar surface area (TPSA) is 52.7 Å². The Kier molecular flexibility index (Phi) is 5.14. The number of hydrogen-bond donors (Lipinski definition) is 1. The fourth-order valence-corrected chi connectivity index (χ4v) is 4.13. The summed E-state index contributed by atoms with van der Waals surface area (Å²) in [5.41, 5.74) is 2.09. The number of amides is 2. The van der Waals surface area contributed by atoms with E-state index in [4.69, 9.17) is 0 Å². The van der Waals surface area contributed by atoms with Crippen LogP contribution in [-0.4, -0.2) is 42.9 Å². The van der Waals surface area contributed by atoms with Gasteiger partial charge in [0, 0.05) is 43.5 Å². The van der Waals surface area contributed by atoms with E-state index in [9.17, 15) is 9.59 Å². The van der Waals surface area contributed by atoms with Crippen LogP contribution in [-0.2, 0) is 9.59 Å². The summed E-state index contributed by atoms with van der Waals surface area (Å²) in [6.07, 6.45) is 7.68. The van der Waals surface area contributed by atoms with E-state index >= 15 is 0 Å². The monoisotopic (exact) mass is 355 g/mol. The molecule has 1 aromatic carbocycles. The molecule has 2 amide bonds. The lowest BCUT2D eigenvalue weighted by Gasteiger charge is -2.32. The summed E-state index contributed by atoms with van der Waals surface area (Å²) in [4.78, 5) is 29.2. The molecule has 1 saturated carbocycles. The minimum Gasteiger partial charge on any atom is -0.372 e. The van der Waals surface area contributed by atoms with Crippen molar-refractivity contribution in [2.45, 2.75) is 44.9 Å². The van der Waals surface area contributed by atoms with Crippen LogP contribution in [0, 0.1) is 11.8 Å². The van der Waals surface area contributed by atoms with Crippen molar-refractivity contribution in [2.75, 3.05) is 36.4 Å². The summed E-state index contributed by atoms with van der Waals surface area (Å²) < 4.78 is 0. The van der Waals surface area contributed by atoms with Crippen molar-refractivity contribution in [3.63, 3.8) is 0 Å². The summed E-state index contributed by atoms with van der Waals surface area (Å²) in [5.74, 6) is 0.449. The quantitative estimate of drug-likeness (QED) is 0.902. The molecule has 1 unspecified atom stereocenters. The predicted octanol–water partition coefficient (Wildman–Crippen LogP) is 3.26. The molecule has 2 saturated heterocycles. The molecule has 140 valence electrons. The lowest BCUT2D eigenvalue weighted by atomic mass is 9.96. The minimum atomic E-state index is -0.0896. The van der Waals surface area contributed by atoms with Gasteiger partial charge in [0.2, 0.25) is 11.8 Å². The minimum absolute atomic E-state index is 0.0454. The van der Waals surface area contributed by atoms with E-state index in [0.29, 0.717) is 6.54 Å². The first-order chi connectivity index (χ1) is 12.7. The van der Waals surface area contributed by atoms with Gasteiger partial charge in [-0.2, -0.15) is 0 Å². The molecule has 5 nitrogen and oxygen atoms in total. The Morgan fingerprint density at radius 2 is 1.58 bits per heavy atom. The van der Waals surface area contributed by atoms with Gasteiger partial charge in [-0.25, -0.2) is 0 Å². The van der Waals surface area contributed by atoms with Gasteiger partial charge in [-0.3, -0.25) is 9.59 Å². The highest BCUT2D eigenvalue weighted by atomic mass is 16.2. The molecule has 0 bridgehead atoms. The van der Waals surface area contributed by atoms with Crippen LogP contribution in [0.5, 0.6) is 0 Å². The maximum Gasteiger partial charge on any atom is 0.229 e. The van der Waals surface area contributed by atoms with Gasteiger partial charge in [-0.15, -0.1) is 0 Å². The summed E-state index contributed by atoms with van der Waals surface area (Å²) in [6, 6.07) is 8.20. The van der Waals surface area contributed by atoms with Crippen LogP contribution in [0.4, 0.5) is 11.4 Å². The Balaban J connectivity index is 1.32. The Bertz CT molecular complexity index is 648. The van der Waals surface area contributed by atoms with Crippen molar-refractivity contribution in [1.82, 2.24) is 4.90 Å². The van der Waals surface area contributed by atoms with Crippen LogP contribution in [0.25, 0.3) is 0 Å². The summed E-state index contributed by atoms with van der Waals surface area (Å²) in [5, 5.41) is 3.05. The van der Waals surface area contributed by atoms with Gasteiger partial charge in [0.15, 0.2) is 0 Å². The number of carbonyl (C=O) groups excluding carboxylic acids is 2. The predicted molar refractivity (Wildman–Crippen MR) is 103 cm³/mol. The van der Waals surface area contributed by atoms with E-state index in [0.717, 1.165) is 51.0 Å². The fraction of sp³-hybridized carbons (Fsp3) is 0.619. The number of nitrogens with zero attached hydrogens (tertiary/aromatic N) is 2. The number of benzene rings is 1. The molecule has 5 heteroatoms. The second-order valence-corrected chi connectivity index (χ2v) is 7.98. The third-order valence-electron chi connectivity index (χ3n) is 5.89. The number of likely N-dealkylation sites (tertiary alicyclic amines) is 1. The van der Waals surface area contributed by atoms with Crippen LogP contribution in [0.1, 0.15) is 44.9 Å². The normalized spacial score (nSPS) is 23.6. The standard InChI is InChI=1S/C21H29N3O2/c25-20(17-5-4-14-24(15-17)21(26)16-6-7-16)22-18-8-10-19(11-9-18)23-12-2-1-3-13-23/h8-11,16-17H,1-7,12-15H2,(H,22,25). The molecule has 1 N–H and O–H groups in total. The summed E-state index contributed by atoms with van der Waals surface area (Å²) in [7, 11) is 0. The number of rotatable bonds is 4. The lowest BCUT2D eigenvalue weighted by molar-refractivity contribution is -0.135. The second-order valence-electron chi connectivity index (χ2n) is 7.98. The average molecular weight is 355 g/mol. The van der Waals surface area contributed by atoms with E-state index in [1.165, 1.54) is 24.9 Å². The number of nitrogens with one attached hydrogen (secondary N) is 1. The number of hydrogen-bond acceptors (Lipinski definition) is 3. The first-order valence-corrected chi connectivity index (χ1v) is 10.2. The van der Waals surface area contributed by atoms with Crippen LogP contribution < -0.4 is 10.2 Å². The zero-order valence-electron chi connectivity index (χ0n) is 15.5. The van der Waals surface area contributed by atoms with Crippen LogP contribution >= 0.6 is 0 Å². The third kappa shape index (κ3) is 4.02. The molecule has 2 heterocycles. The maximum absolute atomic E-state index is 12.6. The van der Waals surface area contributed by atoms with Crippen molar-refractivity contribution < 1.29 is 9.59 Å². The fourth-order valence-electron chi connectivity index (χ4n) is 4.13. The van der Waals surface area contributed by atoms with Crippen LogP contribution in [0.2, 0.25) is 0 Å². The van der Waals surface area contributed by atoms with Crippen molar-refractivity contribution in [3.8, 4) is 0 Å². The molecule has 3 fully saturated rings. The summed E-state index contributed by atoms with van der Waals surface area (Å²) >= 11 is 0. The average Bonchev–Trinajstić information content (AvgIpc) is 3.54. The zero-order chi connectivity index (χ0) is 17.9. The van der Waals surface area contributed by atoms with Crippen molar-refractivity contribution >= 4 is 23.2 Å². The Labute approximate surface area is 155 Å². The molecule has 3 aliphatic rings. The molecule has 4 rings (SSSR count). The van der Waals surface area contributed by atoms with Gasteiger partial charge in [0.25, 0.3) is 0 Å². The first kappa shape index (κ1) is 17.4. The molecule has 2 aliphatic heterocycles. The van der Waals surface area contributed by atoms with Gasteiger partial charge in [0.1, 0.15) is 0 Å². The Hall–Kier alpha value is -2.04. The highest BCUT2D eigenvalue weighted by molar-refractivity contribution is 5.93. The highest BCUT2D eigenvalue weighted by Gasteiger charge is 2.36. The molecular weight excluding hydrogens is 326 g/mol. The smallest absolute Gasteiger partial charge is 0.229 e. The molecular formula is C21H29N3O2. The van der Waals surface area contributed by atoms with Gasteiger partial charge < -0.3 is 15.1 Å². The van der Waals surface area contributed by atoms with Crippen LogP contribution in [0.3, 0.4) is 0 Å². The van der Waals surface area contributed by atoms with Crippen LogP contribution in [0.15, 0.2) is 24.3 Å². The van der Waals surface area contributed by atoms with E-state index in [1.54, 1.807) is 0 Å². The van der Waals surface area contributed by atoms with Gasteiger partial charge in [-0.05, 0) is 69.2 Å². The maximum atomic E-state index is 12.6. The number of carbonyl (C=O) groups is 2. The molecule has 1 atom stereocenters. The molecule has 0 spiro atoms. The molecule has 26 heavy (non-hydrogen) atoms. The Morgan fingerprint density at radius 1 is 0.846 bits per heavy atom. The number of piperidine rings is 2. The van der Waals surface area contributed by atoms with E-state index in [-0.39, 0.29) is 23.7 Å². The molecule has 1 aromatic rings. The van der Waals surface area contributed by atoms with E-state index in [2.05, 4.69) is 22.3 Å². The van der Waals surface area contributed by atoms with Crippen molar-refractivity contribution in [3.05, 3.63) is 24.3 Å². The van der Waals surface area contributed by atoms with Gasteiger partial charge in [0.05, 0.1) is 5.92 Å². The number of anilines is 2. The van der Waals surface area contributed by atoms with Gasteiger partial charge in [-0.1, -0.05) is 0 Å². The zero-order valence-corrected chi connectivity index (χ0v) is 15.5. The molecule has 0 radical (unpaired) electrons. The first-order valence-electron chi connectivity index (χ1n) is 10.2. The van der Waals surface area contributed by atoms with Gasteiger partial charge >= 0.3 is 0 Å². The Morgan fingerprint density at radius 3 is 2.27 bits per heavy atom. The van der Waals surface area contributed by atoms with Crippen molar-refractivity contribution in [1.29, 1.82) is 0 Å². The molecule has 1 aliphatic carbocycles. The van der Waals surface area contributed by atoms with E-state index < -0.39 is 0 Å². The second kappa shape index (κ2) is 7.68. The van der Waals surface area contributed by atoms with Crippen molar-refractivity contribution in [2.24, 2.45) is 11.8 Å². The molecule has 0 aromatic heterocycles. The van der Waals surface area contributed by atoms with E-state index in [1.807, 2.05) is 17.0 Å². The third-order valence-corrected chi connectivity index (χ3v) is 5.89. The SMILES string of the molecule is O=C(Nc1ccc(N2CCCCC2)cc1)C1CCCN(C(=O)C2CC2)C1. The summed E-state index contributed by atoms with van der Waals surface area (Å²) in [6.45, 7) is 3.63. The lowest BCUT2D eigenvalue weighted by Crippen LogP contribution is -2.44. The highest BCUT2D eigenvalue weighted by Crippen LogP contribution is 2.32.